The zero-order valence-electron chi connectivity index (χ0n) is 19.2. The molecule has 0 saturated carbocycles. The predicted octanol–water partition coefficient (Wildman–Crippen LogP) is 1.61. The van der Waals surface area contributed by atoms with Crippen LogP contribution >= 0.6 is 0 Å². The first kappa shape index (κ1) is 22.9. The molecule has 0 bridgehead atoms. The second-order valence-electron chi connectivity index (χ2n) is 8.39. The molecule has 5 rings (SSSR count). The van der Waals surface area contributed by atoms with Gasteiger partial charge in [0.1, 0.15) is 5.82 Å². The van der Waals surface area contributed by atoms with Crippen molar-refractivity contribution in [3.63, 3.8) is 0 Å². The molecule has 0 spiro atoms. The zero-order valence-corrected chi connectivity index (χ0v) is 21.4. The van der Waals surface area contributed by atoms with Crippen LogP contribution in [0.25, 0.3) is 33.3 Å². The van der Waals surface area contributed by atoms with Crippen LogP contribution in [0.15, 0.2) is 61.1 Å². The summed E-state index contributed by atoms with van der Waals surface area (Å²) in [6.07, 6.45) is 3.22. The predicted molar refractivity (Wildman–Crippen MR) is 131 cm³/mol. The summed E-state index contributed by atoms with van der Waals surface area (Å²) < 4.78 is 19.2. The molecule has 1 fully saturated rings. The van der Waals surface area contributed by atoms with Gasteiger partial charge in [0.15, 0.2) is 0 Å². The van der Waals surface area contributed by atoms with Crippen LogP contribution in [0, 0.1) is 5.82 Å². The molecule has 0 radical (unpaired) electrons. The van der Waals surface area contributed by atoms with Crippen LogP contribution < -0.4 is 32.1 Å². The molecule has 3 heterocycles. The Balaban J connectivity index is 1.48. The number of piperazine rings is 1. The van der Waals surface area contributed by atoms with Crippen molar-refractivity contribution in [1.82, 2.24) is 18.1 Å². The molecule has 1 unspecified atom stereocenters. The first-order valence-electron chi connectivity index (χ1n) is 11.4. The Morgan fingerprint density at radius 3 is 2.59 bits per heavy atom. The fourth-order valence-electron chi connectivity index (χ4n) is 4.49. The third kappa shape index (κ3) is 4.56. The number of aromatic nitrogens is 3. The molecule has 1 saturated heterocycles. The van der Waals surface area contributed by atoms with Crippen molar-refractivity contribution in [2.24, 2.45) is 0 Å². The van der Waals surface area contributed by atoms with Gasteiger partial charge in [-0.1, -0.05) is 6.07 Å². The molecule has 176 valence electrons. The first-order valence-corrected chi connectivity index (χ1v) is 13.9. The normalized spacial score (nSPS) is 16.9. The number of hydrogen-bond acceptors (Lipinski definition) is 6. The van der Waals surface area contributed by atoms with E-state index in [9.17, 15) is 0 Å². The fraction of sp³-hybridized carbons (Fsp3) is 0.269. The molecule has 1 atom stereocenters. The number of anilines is 2. The number of alkyl halides is 1. The number of pyridine rings is 1. The van der Waals surface area contributed by atoms with Gasteiger partial charge in [-0.25, -0.2) is 4.98 Å². The number of benzene rings is 2. The van der Waals surface area contributed by atoms with Crippen molar-refractivity contribution in [2.75, 3.05) is 34.7 Å². The van der Waals surface area contributed by atoms with Crippen molar-refractivity contribution in [3.05, 3.63) is 66.9 Å². The number of nitrogen functional groups attached to an aromatic ring is 1. The van der Waals surface area contributed by atoms with Gasteiger partial charge in [-0.3, -0.25) is 0 Å². The van der Waals surface area contributed by atoms with Crippen molar-refractivity contribution in [3.8, 4) is 22.4 Å². The van der Waals surface area contributed by atoms with Crippen LogP contribution in [0.5, 0.6) is 0 Å². The van der Waals surface area contributed by atoms with Crippen LogP contribution in [-0.4, -0.2) is 48.2 Å². The molecule has 2 aromatic heterocycles. The van der Waals surface area contributed by atoms with E-state index in [0.29, 0.717) is 23.2 Å². The average Bonchev–Trinajstić information content (AvgIpc) is 2.85. The molecule has 0 amide bonds. The summed E-state index contributed by atoms with van der Waals surface area (Å²) in [5.74, 6) is 0.250. The summed E-state index contributed by atoms with van der Waals surface area (Å²) in [6, 6.07) is 15.6. The van der Waals surface area contributed by atoms with Gasteiger partial charge in [-0.05, 0) is 17.7 Å². The van der Waals surface area contributed by atoms with Crippen LogP contribution in [-0.2, 0) is 0 Å². The van der Waals surface area contributed by atoms with Gasteiger partial charge in [0.05, 0.1) is 0 Å². The standard InChI is InChI=1S/C26H27FIN6/c1-3-28-34-11-10-33(15-17(34)2)24-7-5-20(13-22(24)27)26-21-12-18(4-6-23(21)31-16-32-26)19-8-9-30-25(29)14-19/h4-9,12-14,16-17H,3,10-11,15H2,1-2H3,(H2,29,30)/q-1. The molecule has 34 heavy (non-hydrogen) atoms. The number of rotatable bonds is 5. The molecule has 2 N–H and O–H groups in total. The number of fused-ring (bicyclic) bond motifs is 1. The monoisotopic (exact) mass is 569 g/mol. The summed E-state index contributed by atoms with van der Waals surface area (Å²) in [4.78, 5) is 15.2. The molecular weight excluding hydrogens is 542 g/mol. The minimum atomic E-state index is -0.215. The topological polar surface area (TPSA) is 71.2 Å². The summed E-state index contributed by atoms with van der Waals surface area (Å²) in [5, 5.41) is 0.869. The van der Waals surface area contributed by atoms with Crippen molar-refractivity contribution in [2.45, 2.75) is 19.9 Å². The Morgan fingerprint density at radius 2 is 1.82 bits per heavy atom. The maximum absolute atomic E-state index is 15.4. The Bertz CT molecular complexity index is 1330. The van der Waals surface area contributed by atoms with Gasteiger partial charge in [-0.2, -0.15) is 0 Å². The Labute approximate surface area is 209 Å². The van der Waals surface area contributed by atoms with Gasteiger partial charge >= 0.3 is 164 Å². The first-order chi connectivity index (χ1) is 16.5. The van der Waals surface area contributed by atoms with E-state index in [4.69, 9.17) is 5.73 Å². The molecular formula is C26H27FIN6-. The molecule has 2 aromatic carbocycles. The maximum atomic E-state index is 15.4. The van der Waals surface area contributed by atoms with Gasteiger partial charge in [0, 0.05) is 6.20 Å². The van der Waals surface area contributed by atoms with Crippen molar-refractivity contribution < 1.29 is 25.9 Å². The third-order valence-corrected chi connectivity index (χ3v) is 9.12. The van der Waals surface area contributed by atoms with Gasteiger partial charge in [0.2, 0.25) is 0 Å². The zero-order chi connectivity index (χ0) is 23.7. The molecule has 8 heteroatoms. The molecule has 6 nitrogen and oxygen atoms in total. The molecule has 4 aromatic rings. The van der Waals surface area contributed by atoms with E-state index >= 15 is 4.39 Å². The van der Waals surface area contributed by atoms with E-state index in [-0.39, 0.29) is 27.3 Å². The molecule has 1 aliphatic heterocycles. The summed E-state index contributed by atoms with van der Waals surface area (Å²) in [6.45, 7) is 7.20. The van der Waals surface area contributed by atoms with E-state index in [2.05, 4.69) is 36.8 Å². The van der Waals surface area contributed by atoms with Crippen LogP contribution in [0.2, 0.25) is 0 Å². The summed E-state index contributed by atoms with van der Waals surface area (Å²) >= 11 is 0.0820. The Morgan fingerprint density at radius 1 is 1.00 bits per heavy atom. The summed E-state index contributed by atoms with van der Waals surface area (Å²) in [5.41, 5.74) is 10.7. The SMILES string of the molecule is CC[I-]N1CCN(c2ccc(-c3ncnc4ccc(-c5ccnc(N)c5)cc34)cc2F)CC1C. The van der Waals surface area contributed by atoms with Crippen LogP contribution in [0.4, 0.5) is 15.9 Å². The second-order valence-corrected chi connectivity index (χ2v) is 11.8. The van der Waals surface area contributed by atoms with Crippen LogP contribution in [0.3, 0.4) is 0 Å². The molecule has 0 aliphatic carbocycles. The number of halogens is 2. The Kier molecular flexibility index (Phi) is 6.60. The number of nitrogens with two attached hydrogens (primary N) is 1. The quantitative estimate of drug-likeness (QED) is 0.224. The van der Waals surface area contributed by atoms with Gasteiger partial charge in [-0.15, -0.1) is 0 Å². The average molecular weight is 569 g/mol. The fourth-order valence-corrected chi connectivity index (χ4v) is 6.77. The number of nitrogens with zero attached hydrogens (tertiary/aromatic N) is 5. The summed E-state index contributed by atoms with van der Waals surface area (Å²) in [7, 11) is 0. The van der Waals surface area contributed by atoms with Crippen molar-refractivity contribution >= 4 is 22.4 Å². The third-order valence-electron chi connectivity index (χ3n) is 6.13. The molecule has 1 aliphatic rings. The van der Waals surface area contributed by atoms with E-state index in [1.807, 2.05) is 42.5 Å². The van der Waals surface area contributed by atoms with E-state index in [0.717, 1.165) is 47.2 Å². The second kappa shape index (κ2) is 9.79. The van der Waals surface area contributed by atoms with Crippen LogP contribution in [0.1, 0.15) is 13.8 Å². The van der Waals surface area contributed by atoms with E-state index in [1.54, 1.807) is 12.3 Å². The van der Waals surface area contributed by atoms with E-state index in [1.165, 1.54) is 10.8 Å². The Hall–Kier alpha value is -2.85. The number of hydrogen-bond donors (Lipinski definition) is 1. The minimum absolute atomic E-state index is 0.0820. The van der Waals surface area contributed by atoms with Gasteiger partial charge < -0.3 is 5.73 Å². The van der Waals surface area contributed by atoms with E-state index < -0.39 is 0 Å². The van der Waals surface area contributed by atoms with Crippen molar-refractivity contribution in [1.29, 1.82) is 0 Å². The van der Waals surface area contributed by atoms with Gasteiger partial charge in [0.25, 0.3) is 0 Å².